The van der Waals surface area contributed by atoms with Crippen LogP contribution in [-0.2, 0) is 9.53 Å². The number of hydrogen-bond acceptors (Lipinski definition) is 2. The van der Waals surface area contributed by atoms with E-state index >= 15 is 0 Å². The molecule has 0 aliphatic heterocycles. The van der Waals surface area contributed by atoms with Gasteiger partial charge < -0.3 is 4.74 Å². The Hall–Kier alpha value is -1.09. The van der Waals surface area contributed by atoms with Crippen LogP contribution < -0.4 is 0 Å². The highest BCUT2D eigenvalue weighted by Crippen LogP contribution is 2.57. The molecular weight excluding hydrogens is 364 g/mol. The zero-order valence-electron chi connectivity index (χ0n) is 14.8. The smallest absolute Gasteiger partial charge is 0.456 e. The summed E-state index contributed by atoms with van der Waals surface area (Å²) in [7, 11) is 0. The molecule has 10 heteroatoms. The van der Waals surface area contributed by atoms with Crippen molar-refractivity contribution in [3.05, 3.63) is 0 Å². The number of hydrogen-bond donors (Lipinski definition) is 0. The topological polar surface area (TPSA) is 26.3 Å². The lowest BCUT2D eigenvalue weighted by molar-refractivity contribution is -0.302. The number of esters is 1. The fraction of sp³-hybridized carbons (Fsp3) is 0.933. The summed E-state index contributed by atoms with van der Waals surface area (Å²) in [6.45, 7) is 4.80. The van der Waals surface area contributed by atoms with Crippen LogP contribution in [0.25, 0.3) is 0 Å². The average molecular weight is 386 g/mol. The van der Waals surface area contributed by atoms with E-state index in [1.54, 1.807) is 0 Å². The normalized spacial score (nSPS) is 17.2. The Bertz CT molecular complexity index is 464. The largest absolute Gasteiger partial charge is 0.458 e. The lowest BCUT2D eigenvalue weighted by Crippen LogP contribution is -2.57. The third kappa shape index (κ3) is 5.20. The summed E-state index contributed by atoms with van der Waals surface area (Å²) < 4.78 is 108. The summed E-state index contributed by atoms with van der Waals surface area (Å²) >= 11 is 0. The van der Waals surface area contributed by atoms with E-state index in [4.69, 9.17) is 0 Å². The Morgan fingerprint density at radius 1 is 0.760 bits per heavy atom. The molecule has 0 aromatic carbocycles. The second-order valence-electron chi connectivity index (χ2n) is 8.17. The van der Waals surface area contributed by atoms with Gasteiger partial charge in [0.1, 0.15) is 0 Å². The highest BCUT2D eigenvalue weighted by Gasteiger charge is 2.69. The van der Waals surface area contributed by atoms with E-state index < -0.39 is 53.5 Å². The van der Waals surface area contributed by atoms with Gasteiger partial charge in [-0.25, -0.2) is 0 Å². The van der Waals surface area contributed by atoms with Gasteiger partial charge in [0.05, 0.1) is 0 Å². The highest BCUT2D eigenvalue weighted by molar-refractivity contribution is 5.79. The molecule has 2 nitrogen and oxygen atoms in total. The van der Waals surface area contributed by atoms with Gasteiger partial charge >= 0.3 is 24.2 Å². The Morgan fingerprint density at radius 2 is 1.16 bits per heavy atom. The molecular formula is C15H22F8O2. The van der Waals surface area contributed by atoms with Gasteiger partial charge in [0.15, 0.2) is 12.0 Å². The van der Waals surface area contributed by atoms with E-state index in [0.717, 1.165) is 20.8 Å². The van der Waals surface area contributed by atoms with Crippen LogP contribution in [-0.4, -0.2) is 30.9 Å². The van der Waals surface area contributed by atoms with Crippen LogP contribution in [0.1, 0.15) is 48.0 Å². The van der Waals surface area contributed by atoms with Crippen molar-refractivity contribution in [2.24, 2.45) is 16.2 Å². The van der Waals surface area contributed by atoms with Crippen LogP contribution in [0.4, 0.5) is 35.1 Å². The molecule has 0 fully saturated rings. The van der Waals surface area contributed by atoms with Crippen molar-refractivity contribution in [3.8, 4) is 0 Å². The zero-order valence-corrected chi connectivity index (χ0v) is 14.8. The summed E-state index contributed by atoms with van der Waals surface area (Å²) in [6, 6.07) is 0. The second-order valence-corrected chi connectivity index (χ2v) is 8.17. The number of alkyl halides is 8. The monoisotopic (exact) mass is 386 g/mol. The Balaban J connectivity index is 5.97. The Morgan fingerprint density at radius 3 is 1.40 bits per heavy atom. The quantitative estimate of drug-likeness (QED) is 0.454. The molecule has 150 valence electrons. The molecule has 0 radical (unpaired) electrons. The maximum absolute atomic E-state index is 13.8. The van der Waals surface area contributed by atoms with Gasteiger partial charge in [0, 0.05) is 0 Å². The molecule has 0 aliphatic rings. The molecule has 0 saturated heterocycles. The van der Waals surface area contributed by atoms with Crippen molar-refractivity contribution < 1.29 is 44.7 Å². The van der Waals surface area contributed by atoms with E-state index in [9.17, 15) is 39.9 Å². The standard InChI is InChI=1S/C15H22F8O2/c1-10(2,3)7-12(11(4,5)6,14(18,19)20)9(24)25-8-13(16,17)15(21,22)23/h7-8H2,1-6H3. The van der Waals surface area contributed by atoms with Gasteiger partial charge in [0.25, 0.3) is 0 Å². The van der Waals surface area contributed by atoms with Gasteiger partial charge in [-0.15, -0.1) is 0 Å². The molecule has 0 spiro atoms. The first-order valence-electron chi connectivity index (χ1n) is 7.27. The molecule has 0 rings (SSSR count). The van der Waals surface area contributed by atoms with Gasteiger partial charge in [-0.3, -0.25) is 4.79 Å². The van der Waals surface area contributed by atoms with Crippen LogP contribution >= 0.6 is 0 Å². The predicted octanol–water partition coefficient (Wildman–Crippen LogP) is 5.76. The predicted molar refractivity (Wildman–Crippen MR) is 74.0 cm³/mol. The number of carbonyl (C=O) groups excluding carboxylic acids is 1. The first-order chi connectivity index (χ1) is 10.6. The maximum Gasteiger partial charge on any atom is 0.456 e. The molecule has 0 amide bonds. The molecule has 0 bridgehead atoms. The van der Waals surface area contributed by atoms with Gasteiger partial charge in [-0.1, -0.05) is 41.5 Å². The van der Waals surface area contributed by atoms with Crippen LogP contribution in [0.5, 0.6) is 0 Å². The van der Waals surface area contributed by atoms with Crippen molar-refractivity contribution >= 4 is 5.97 Å². The Kier molecular flexibility index (Phi) is 6.28. The molecule has 0 aromatic rings. The van der Waals surface area contributed by atoms with E-state index in [0.29, 0.717) is 0 Å². The van der Waals surface area contributed by atoms with Crippen molar-refractivity contribution in [3.63, 3.8) is 0 Å². The summed E-state index contributed by atoms with van der Waals surface area (Å²) in [5.74, 6) is -7.59. The number of carbonyl (C=O) groups is 1. The van der Waals surface area contributed by atoms with Crippen LogP contribution in [0.2, 0.25) is 0 Å². The summed E-state index contributed by atoms with van der Waals surface area (Å²) in [5.41, 5.74) is -6.18. The minimum atomic E-state index is -6.04. The summed E-state index contributed by atoms with van der Waals surface area (Å²) in [6.07, 6.45) is -12.1. The third-order valence-corrected chi connectivity index (χ3v) is 3.71. The lowest BCUT2D eigenvalue weighted by atomic mass is 9.59. The highest BCUT2D eigenvalue weighted by atomic mass is 19.4. The number of rotatable bonds is 4. The van der Waals surface area contributed by atoms with E-state index in [1.807, 2.05) is 0 Å². The van der Waals surface area contributed by atoms with Gasteiger partial charge in [0.2, 0.25) is 0 Å². The molecule has 0 saturated carbocycles. The van der Waals surface area contributed by atoms with E-state index in [-0.39, 0.29) is 0 Å². The number of ether oxygens (including phenoxy) is 1. The SMILES string of the molecule is CC(C)(C)CC(C(=O)OCC(F)(F)C(F)(F)F)(C(C)(C)C)C(F)(F)F. The average Bonchev–Trinajstić information content (AvgIpc) is 2.27. The summed E-state index contributed by atoms with van der Waals surface area (Å²) in [5, 5.41) is 0. The number of halogens is 8. The third-order valence-electron chi connectivity index (χ3n) is 3.71. The minimum absolute atomic E-state index is 0.844. The van der Waals surface area contributed by atoms with Crippen LogP contribution in [0.3, 0.4) is 0 Å². The minimum Gasteiger partial charge on any atom is -0.458 e. The van der Waals surface area contributed by atoms with Crippen LogP contribution in [0.15, 0.2) is 0 Å². The van der Waals surface area contributed by atoms with Crippen molar-refractivity contribution in [2.45, 2.75) is 66.2 Å². The fourth-order valence-corrected chi connectivity index (χ4v) is 2.44. The van der Waals surface area contributed by atoms with Gasteiger partial charge in [-0.2, -0.15) is 35.1 Å². The van der Waals surface area contributed by atoms with Gasteiger partial charge in [-0.05, 0) is 17.3 Å². The van der Waals surface area contributed by atoms with Crippen molar-refractivity contribution in [2.75, 3.05) is 6.61 Å². The van der Waals surface area contributed by atoms with E-state index in [1.165, 1.54) is 20.8 Å². The first-order valence-corrected chi connectivity index (χ1v) is 7.27. The molecule has 0 aromatic heterocycles. The molecule has 0 N–H and O–H groups in total. The van der Waals surface area contributed by atoms with Crippen LogP contribution in [0, 0.1) is 16.2 Å². The first kappa shape index (κ1) is 23.9. The molecule has 1 atom stereocenters. The molecule has 0 aliphatic carbocycles. The lowest BCUT2D eigenvalue weighted by Gasteiger charge is -2.46. The van der Waals surface area contributed by atoms with Crippen molar-refractivity contribution in [1.82, 2.24) is 0 Å². The van der Waals surface area contributed by atoms with Crippen molar-refractivity contribution in [1.29, 1.82) is 0 Å². The fourth-order valence-electron chi connectivity index (χ4n) is 2.44. The molecule has 25 heavy (non-hydrogen) atoms. The zero-order chi connectivity index (χ0) is 20.7. The molecule has 0 heterocycles. The van der Waals surface area contributed by atoms with E-state index in [2.05, 4.69) is 4.74 Å². The maximum atomic E-state index is 13.8. The molecule has 1 unspecified atom stereocenters. The summed E-state index contributed by atoms with van der Waals surface area (Å²) in [4.78, 5) is 12.2. The second kappa shape index (κ2) is 6.57. The Labute approximate surface area is 140 Å².